The fourth-order valence-electron chi connectivity index (χ4n) is 6.37. The number of hydrogen-bond donors (Lipinski definition) is 1. The van der Waals surface area contributed by atoms with Crippen molar-refractivity contribution >= 4 is 5.91 Å². The summed E-state index contributed by atoms with van der Waals surface area (Å²) in [6, 6.07) is 5.15. The summed E-state index contributed by atoms with van der Waals surface area (Å²) in [6.07, 6.45) is 2.88. The number of hydrogen-bond acceptors (Lipinski definition) is 4. The van der Waals surface area contributed by atoms with Gasteiger partial charge in [-0.3, -0.25) is 4.79 Å². The molecule has 7 heteroatoms. The Bertz CT molecular complexity index is 799. The Morgan fingerprint density at radius 1 is 1.31 bits per heavy atom. The smallest absolute Gasteiger partial charge is 0.387 e. The summed E-state index contributed by atoms with van der Waals surface area (Å²) in [6.45, 7) is 3.80. The largest absolute Gasteiger partial charge is 0.493 e. The third-order valence-electron chi connectivity index (χ3n) is 7.58. The van der Waals surface area contributed by atoms with Crippen LogP contribution in [0.5, 0.6) is 11.5 Å². The van der Waals surface area contributed by atoms with E-state index in [4.69, 9.17) is 9.47 Å². The van der Waals surface area contributed by atoms with Gasteiger partial charge in [0.25, 0.3) is 0 Å². The lowest BCUT2D eigenvalue weighted by Gasteiger charge is -2.53. The fourth-order valence-corrected chi connectivity index (χ4v) is 6.37. The summed E-state index contributed by atoms with van der Waals surface area (Å²) in [5.41, 5.74) is 0.935. The molecule has 2 aliphatic carbocycles. The molecule has 3 fully saturated rings. The molecule has 4 rings (SSSR count). The van der Waals surface area contributed by atoms with Gasteiger partial charge in [-0.25, -0.2) is 0 Å². The van der Waals surface area contributed by atoms with Crippen LogP contribution in [0.2, 0.25) is 0 Å². The van der Waals surface area contributed by atoms with E-state index in [0.29, 0.717) is 12.5 Å². The Hall–Kier alpha value is -1.89. The molecule has 29 heavy (non-hydrogen) atoms. The zero-order chi connectivity index (χ0) is 21.0. The molecule has 1 spiro atoms. The fraction of sp³-hybridized carbons (Fsp3) is 0.682. The van der Waals surface area contributed by atoms with Gasteiger partial charge in [0.15, 0.2) is 11.5 Å². The molecule has 1 heterocycles. The van der Waals surface area contributed by atoms with Gasteiger partial charge in [0.1, 0.15) is 0 Å². The zero-order valence-corrected chi connectivity index (χ0v) is 17.3. The lowest BCUT2D eigenvalue weighted by molar-refractivity contribution is -0.136. The number of ether oxygens (including phenoxy) is 3. The summed E-state index contributed by atoms with van der Waals surface area (Å²) in [7, 11) is 1.44. The molecule has 1 aromatic rings. The maximum atomic E-state index is 12.7. The first-order valence-electron chi connectivity index (χ1n) is 10.2. The Kier molecular flexibility index (Phi) is 5.00. The van der Waals surface area contributed by atoms with Gasteiger partial charge < -0.3 is 19.5 Å². The number of nitrogens with one attached hydrogen (secondary N) is 1. The van der Waals surface area contributed by atoms with Crippen molar-refractivity contribution in [1.29, 1.82) is 0 Å². The monoisotopic (exact) mass is 409 g/mol. The molecule has 2 bridgehead atoms. The van der Waals surface area contributed by atoms with E-state index in [-0.39, 0.29) is 46.3 Å². The van der Waals surface area contributed by atoms with Crippen molar-refractivity contribution < 1.29 is 27.8 Å². The minimum absolute atomic E-state index is 0.00182. The van der Waals surface area contributed by atoms with Crippen molar-refractivity contribution in [3.05, 3.63) is 23.8 Å². The number of benzene rings is 1. The number of methoxy groups -OCH3 is 1. The van der Waals surface area contributed by atoms with Crippen molar-refractivity contribution in [3.8, 4) is 11.5 Å². The van der Waals surface area contributed by atoms with Crippen LogP contribution < -0.4 is 14.8 Å². The maximum absolute atomic E-state index is 12.7. The third kappa shape index (κ3) is 3.18. The summed E-state index contributed by atoms with van der Waals surface area (Å²) < 4.78 is 41.4. The summed E-state index contributed by atoms with van der Waals surface area (Å²) >= 11 is 0. The van der Waals surface area contributed by atoms with Gasteiger partial charge in [0, 0.05) is 19.6 Å². The summed E-state index contributed by atoms with van der Waals surface area (Å²) in [5, 5.41) is 3.26. The molecular formula is C22H29F2NO4. The topological polar surface area (TPSA) is 56.8 Å². The van der Waals surface area contributed by atoms with Crippen LogP contribution in [0.1, 0.15) is 51.7 Å². The van der Waals surface area contributed by atoms with E-state index in [0.717, 1.165) is 24.8 Å². The van der Waals surface area contributed by atoms with Crippen LogP contribution in [0.25, 0.3) is 0 Å². The number of fused-ring (bicyclic) bond motifs is 1. The van der Waals surface area contributed by atoms with Crippen molar-refractivity contribution in [3.63, 3.8) is 0 Å². The Labute approximate surface area is 170 Å². The minimum Gasteiger partial charge on any atom is -0.493 e. The zero-order valence-electron chi connectivity index (χ0n) is 17.3. The highest BCUT2D eigenvalue weighted by molar-refractivity contribution is 5.73. The van der Waals surface area contributed by atoms with Crippen LogP contribution >= 0.6 is 0 Å². The Morgan fingerprint density at radius 3 is 2.72 bits per heavy atom. The first kappa shape index (κ1) is 20.4. The predicted octanol–water partition coefficient (Wildman–Crippen LogP) is 4.32. The van der Waals surface area contributed by atoms with E-state index < -0.39 is 6.61 Å². The quantitative estimate of drug-likeness (QED) is 0.787. The SMILES string of the molecule is COc1cc([C@H]2OCCC34C[C@@H](C[C@H]23)C(C)(C)[C@@H]4NC(C)=O)ccc1OC(F)F. The molecule has 1 amide bonds. The van der Waals surface area contributed by atoms with Gasteiger partial charge in [-0.2, -0.15) is 8.78 Å². The van der Waals surface area contributed by atoms with Crippen molar-refractivity contribution in [2.45, 2.75) is 58.8 Å². The molecule has 1 aromatic carbocycles. The second-order valence-corrected chi connectivity index (χ2v) is 9.26. The molecule has 0 aromatic heterocycles. The van der Waals surface area contributed by atoms with Crippen LogP contribution in [0.4, 0.5) is 8.78 Å². The Balaban J connectivity index is 1.67. The van der Waals surface area contributed by atoms with Gasteiger partial charge >= 0.3 is 6.61 Å². The van der Waals surface area contributed by atoms with Crippen LogP contribution in [-0.4, -0.2) is 32.3 Å². The van der Waals surface area contributed by atoms with E-state index in [2.05, 4.69) is 23.9 Å². The molecule has 160 valence electrons. The van der Waals surface area contributed by atoms with E-state index in [1.165, 1.54) is 13.2 Å². The van der Waals surface area contributed by atoms with Gasteiger partial charge in [-0.15, -0.1) is 0 Å². The molecule has 2 saturated carbocycles. The number of carbonyl (C=O) groups excluding carboxylic acids is 1. The number of amides is 1. The molecule has 1 unspecified atom stereocenters. The lowest BCUT2D eigenvalue weighted by atomic mass is 9.59. The number of alkyl halides is 2. The second kappa shape index (κ2) is 7.11. The van der Waals surface area contributed by atoms with Gasteiger partial charge in [0.2, 0.25) is 5.91 Å². The average Bonchev–Trinajstić information content (AvgIpc) is 3.14. The first-order valence-corrected chi connectivity index (χ1v) is 10.2. The van der Waals surface area contributed by atoms with Crippen molar-refractivity contribution in [1.82, 2.24) is 5.32 Å². The standard InChI is InChI=1S/C22H29F2NO4/c1-12(26)25-19-21(2,3)14-10-15-18(28-8-7-22(15,19)11-14)13-5-6-16(29-20(23)24)17(9-13)27-4/h5-6,9,14-15,18-20H,7-8,10-11H2,1-4H3,(H,25,26)/t14-,15-,18-,19+,22?/m1/s1. The van der Waals surface area contributed by atoms with Crippen molar-refractivity contribution in [2.24, 2.45) is 22.7 Å². The first-order chi connectivity index (χ1) is 13.7. The van der Waals surface area contributed by atoms with Gasteiger partial charge in [-0.1, -0.05) is 19.9 Å². The van der Waals surface area contributed by atoms with Gasteiger partial charge in [-0.05, 0) is 59.6 Å². The molecule has 1 saturated heterocycles. The van der Waals surface area contributed by atoms with Crippen LogP contribution in [0, 0.1) is 22.7 Å². The summed E-state index contributed by atoms with van der Waals surface area (Å²) in [5.74, 6) is 1.06. The number of halogens is 2. The number of carbonyl (C=O) groups is 1. The predicted molar refractivity (Wildman–Crippen MR) is 103 cm³/mol. The van der Waals surface area contributed by atoms with E-state index >= 15 is 0 Å². The molecule has 0 radical (unpaired) electrons. The molecule has 5 nitrogen and oxygen atoms in total. The average molecular weight is 409 g/mol. The van der Waals surface area contributed by atoms with Crippen molar-refractivity contribution in [2.75, 3.05) is 13.7 Å². The normalized spacial score (nSPS) is 34.7. The molecule has 5 atom stereocenters. The number of rotatable bonds is 5. The molecule has 1 aliphatic heterocycles. The highest BCUT2D eigenvalue weighted by atomic mass is 19.3. The Morgan fingerprint density at radius 2 is 2.07 bits per heavy atom. The third-order valence-corrected chi connectivity index (χ3v) is 7.58. The summed E-state index contributed by atoms with van der Waals surface area (Å²) in [4.78, 5) is 12.0. The molecule has 3 aliphatic rings. The highest BCUT2D eigenvalue weighted by Gasteiger charge is 2.68. The van der Waals surface area contributed by atoms with E-state index in [1.54, 1.807) is 19.1 Å². The van der Waals surface area contributed by atoms with Gasteiger partial charge in [0.05, 0.1) is 13.2 Å². The highest BCUT2D eigenvalue weighted by Crippen LogP contribution is 2.70. The van der Waals surface area contributed by atoms with Crippen LogP contribution in [0.15, 0.2) is 18.2 Å². The van der Waals surface area contributed by atoms with E-state index in [1.807, 2.05) is 0 Å². The molecular weight excluding hydrogens is 380 g/mol. The van der Waals surface area contributed by atoms with Crippen LogP contribution in [-0.2, 0) is 9.53 Å². The maximum Gasteiger partial charge on any atom is 0.387 e. The molecule has 1 N–H and O–H groups in total. The van der Waals surface area contributed by atoms with Crippen LogP contribution in [0.3, 0.4) is 0 Å². The second-order valence-electron chi connectivity index (χ2n) is 9.26. The minimum atomic E-state index is -2.91. The lowest BCUT2D eigenvalue weighted by Crippen LogP contribution is -2.58. The van der Waals surface area contributed by atoms with E-state index in [9.17, 15) is 13.6 Å².